The highest BCUT2D eigenvalue weighted by molar-refractivity contribution is 6.06. The van der Waals surface area contributed by atoms with Gasteiger partial charge in [0.15, 0.2) is 0 Å². The van der Waals surface area contributed by atoms with Gasteiger partial charge in [0.1, 0.15) is 11.4 Å². The van der Waals surface area contributed by atoms with Gasteiger partial charge in [0.05, 0.1) is 6.61 Å². The highest BCUT2D eigenvalue weighted by atomic mass is 16.5. The molecule has 3 aromatic rings. The van der Waals surface area contributed by atoms with Crippen molar-refractivity contribution < 1.29 is 14.3 Å². The standard InChI is InChI=1S/C26H33N3O3/c1-18(2)17-32-25-6-4-5-23-22(25)15-24(28-23)26(30)27-20-9-7-19(8-10-20)16-29(3)21-11-13-31-14-12-21/h4-10,15,18,21,28H,11-14,16-17H2,1-3H3,(H,27,30). The van der Waals surface area contributed by atoms with Gasteiger partial charge in [0.25, 0.3) is 5.91 Å². The Labute approximate surface area is 189 Å². The van der Waals surface area contributed by atoms with Crippen LogP contribution in [0.5, 0.6) is 5.75 Å². The average Bonchev–Trinajstić information content (AvgIpc) is 3.25. The van der Waals surface area contributed by atoms with Crippen molar-refractivity contribution in [3.63, 3.8) is 0 Å². The normalized spacial score (nSPS) is 14.9. The molecule has 170 valence electrons. The molecule has 1 saturated heterocycles. The Balaban J connectivity index is 1.39. The van der Waals surface area contributed by atoms with Gasteiger partial charge in [0.2, 0.25) is 0 Å². The van der Waals surface area contributed by atoms with Crippen molar-refractivity contribution in [1.82, 2.24) is 9.88 Å². The Morgan fingerprint density at radius 1 is 1.19 bits per heavy atom. The Kier molecular flexibility index (Phi) is 7.12. The zero-order valence-corrected chi connectivity index (χ0v) is 19.2. The number of carbonyl (C=O) groups is 1. The van der Waals surface area contributed by atoms with Crippen molar-refractivity contribution in [2.24, 2.45) is 5.92 Å². The summed E-state index contributed by atoms with van der Waals surface area (Å²) in [6.07, 6.45) is 2.17. The lowest BCUT2D eigenvalue weighted by atomic mass is 10.1. The van der Waals surface area contributed by atoms with E-state index in [0.29, 0.717) is 24.3 Å². The summed E-state index contributed by atoms with van der Waals surface area (Å²) >= 11 is 0. The van der Waals surface area contributed by atoms with Gasteiger partial charge in [-0.15, -0.1) is 0 Å². The molecule has 1 amide bonds. The molecule has 0 aliphatic carbocycles. The molecular formula is C26H33N3O3. The smallest absolute Gasteiger partial charge is 0.272 e. The molecular weight excluding hydrogens is 402 g/mol. The maximum atomic E-state index is 12.8. The molecule has 0 saturated carbocycles. The van der Waals surface area contributed by atoms with Gasteiger partial charge in [-0.2, -0.15) is 0 Å². The average molecular weight is 436 g/mol. The molecule has 1 aliphatic rings. The predicted molar refractivity (Wildman–Crippen MR) is 128 cm³/mol. The van der Waals surface area contributed by atoms with Gasteiger partial charge in [-0.3, -0.25) is 9.69 Å². The number of ether oxygens (including phenoxy) is 2. The van der Waals surface area contributed by atoms with Gasteiger partial charge < -0.3 is 19.8 Å². The van der Waals surface area contributed by atoms with Gasteiger partial charge >= 0.3 is 0 Å². The fourth-order valence-electron chi connectivity index (χ4n) is 4.07. The van der Waals surface area contributed by atoms with Crippen LogP contribution in [0.25, 0.3) is 10.9 Å². The van der Waals surface area contributed by atoms with E-state index in [0.717, 1.165) is 54.9 Å². The van der Waals surface area contributed by atoms with E-state index in [9.17, 15) is 4.79 Å². The maximum absolute atomic E-state index is 12.8. The third-order valence-electron chi connectivity index (χ3n) is 5.90. The quantitative estimate of drug-likeness (QED) is 0.519. The lowest BCUT2D eigenvalue weighted by Crippen LogP contribution is -2.36. The van der Waals surface area contributed by atoms with Crippen molar-refractivity contribution in [2.45, 2.75) is 39.3 Å². The monoisotopic (exact) mass is 435 g/mol. The van der Waals surface area contributed by atoms with Crippen LogP contribution in [0.3, 0.4) is 0 Å². The van der Waals surface area contributed by atoms with E-state index >= 15 is 0 Å². The van der Waals surface area contributed by atoms with E-state index < -0.39 is 0 Å². The minimum absolute atomic E-state index is 0.164. The van der Waals surface area contributed by atoms with Crippen molar-refractivity contribution in [2.75, 3.05) is 32.2 Å². The second-order valence-corrected chi connectivity index (χ2v) is 9.01. The molecule has 2 heterocycles. The van der Waals surface area contributed by atoms with Crippen LogP contribution < -0.4 is 10.1 Å². The minimum atomic E-state index is -0.164. The van der Waals surface area contributed by atoms with E-state index in [1.165, 1.54) is 5.56 Å². The molecule has 4 rings (SSSR count). The van der Waals surface area contributed by atoms with Crippen LogP contribution in [0.1, 0.15) is 42.7 Å². The molecule has 0 radical (unpaired) electrons. The molecule has 0 bridgehead atoms. The Hall–Kier alpha value is -2.83. The highest BCUT2D eigenvalue weighted by Crippen LogP contribution is 2.27. The molecule has 32 heavy (non-hydrogen) atoms. The number of carbonyl (C=O) groups excluding carboxylic acids is 1. The van der Waals surface area contributed by atoms with Crippen LogP contribution in [-0.4, -0.2) is 48.7 Å². The number of aromatic nitrogens is 1. The summed E-state index contributed by atoms with van der Waals surface area (Å²) in [4.78, 5) is 18.4. The van der Waals surface area contributed by atoms with Gasteiger partial charge in [-0.25, -0.2) is 0 Å². The number of hydrogen-bond acceptors (Lipinski definition) is 4. The summed E-state index contributed by atoms with van der Waals surface area (Å²) in [6, 6.07) is 16.3. The Bertz CT molecular complexity index is 1040. The number of rotatable bonds is 8. The van der Waals surface area contributed by atoms with Crippen LogP contribution >= 0.6 is 0 Å². The molecule has 2 aromatic carbocycles. The van der Waals surface area contributed by atoms with Gasteiger partial charge in [-0.05, 0) is 61.7 Å². The van der Waals surface area contributed by atoms with Crippen LogP contribution in [-0.2, 0) is 11.3 Å². The maximum Gasteiger partial charge on any atom is 0.272 e. The summed E-state index contributed by atoms with van der Waals surface area (Å²) < 4.78 is 11.4. The third kappa shape index (κ3) is 5.50. The number of H-pyrrole nitrogens is 1. The van der Waals surface area contributed by atoms with Gasteiger partial charge in [0, 0.05) is 42.4 Å². The summed E-state index contributed by atoms with van der Waals surface area (Å²) in [7, 11) is 2.17. The Morgan fingerprint density at radius 2 is 1.94 bits per heavy atom. The highest BCUT2D eigenvalue weighted by Gasteiger charge is 2.18. The topological polar surface area (TPSA) is 66.6 Å². The number of anilines is 1. The second kappa shape index (κ2) is 10.2. The molecule has 0 spiro atoms. The number of fused-ring (bicyclic) bond motifs is 1. The fourth-order valence-corrected chi connectivity index (χ4v) is 4.07. The fraction of sp³-hybridized carbons (Fsp3) is 0.423. The first-order valence-corrected chi connectivity index (χ1v) is 11.4. The van der Waals surface area contributed by atoms with Gasteiger partial charge in [-0.1, -0.05) is 32.0 Å². The van der Waals surface area contributed by atoms with Crippen molar-refractivity contribution in [3.8, 4) is 5.75 Å². The van der Waals surface area contributed by atoms with Crippen LogP contribution in [0, 0.1) is 5.92 Å². The molecule has 0 atom stereocenters. The molecule has 6 heteroatoms. The van der Waals surface area contributed by atoms with Crippen molar-refractivity contribution >= 4 is 22.5 Å². The molecule has 1 fully saturated rings. The molecule has 2 N–H and O–H groups in total. The lowest BCUT2D eigenvalue weighted by molar-refractivity contribution is 0.0407. The number of nitrogens with one attached hydrogen (secondary N) is 2. The Morgan fingerprint density at radius 3 is 2.66 bits per heavy atom. The lowest BCUT2D eigenvalue weighted by Gasteiger charge is -2.31. The number of hydrogen-bond donors (Lipinski definition) is 2. The first-order valence-electron chi connectivity index (χ1n) is 11.4. The van der Waals surface area contributed by atoms with Crippen LogP contribution in [0.15, 0.2) is 48.5 Å². The minimum Gasteiger partial charge on any atom is -0.493 e. The van der Waals surface area contributed by atoms with Crippen LogP contribution in [0.2, 0.25) is 0 Å². The number of nitrogens with zero attached hydrogens (tertiary/aromatic N) is 1. The van der Waals surface area contributed by atoms with Crippen molar-refractivity contribution in [1.29, 1.82) is 0 Å². The van der Waals surface area contributed by atoms with E-state index in [1.807, 2.05) is 36.4 Å². The van der Waals surface area contributed by atoms with Crippen molar-refractivity contribution in [3.05, 3.63) is 59.8 Å². The number of amides is 1. The predicted octanol–water partition coefficient (Wildman–Crippen LogP) is 5.07. The summed E-state index contributed by atoms with van der Waals surface area (Å²) in [5.74, 6) is 1.07. The molecule has 1 aromatic heterocycles. The van der Waals surface area contributed by atoms with Crippen LogP contribution in [0.4, 0.5) is 5.69 Å². The molecule has 1 aliphatic heterocycles. The summed E-state index contributed by atoms with van der Waals surface area (Å²) in [5, 5.41) is 3.91. The number of benzene rings is 2. The van der Waals surface area contributed by atoms with E-state index in [2.05, 4.69) is 48.2 Å². The zero-order valence-electron chi connectivity index (χ0n) is 19.2. The zero-order chi connectivity index (χ0) is 22.5. The largest absolute Gasteiger partial charge is 0.493 e. The van der Waals surface area contributed by atoms with E-state index in [4.69, 9.17) is 9.47 Å². The molecule has 0 unspecified atom stereocenters. The number of aromatic amines is 1. The second-order valence-electron chi connectivity index (χ2n) is 9.01. The SMILES string of the molecule is CC(C)COc1cccc2[nH]c(C(=O)Nc3ccc(CN(C)C4CCOCC4)cc3)cc12. The van der Waals surface area contributed by atoms with E-state index in [1.54, 1.807) is 0 Å². The van der Waals surface area contributed by atoms with E-state index in [-0.39, 0.29) is 5.91 Å². The first-order chi connectivity index (χ1) is 15.5. The first kappa shape index (κ1) is 22.4. The summed E-state index contributed by atoms with van der Waals surface area (Å²) in [5.41, 5.74) is 3.42. The third-order valence-corrected chi connectivity index (χ3v) is 5.90. The summed E-state index contributed by atoms with van der Waals surface area (Å²) in [6.45, 7) is 7.45. The molecule has 6 nitrogen and oxygen atoms in total.